The van der Waals surface area contributed by atoms with Gasteiger partial charge in [-0.05, 0) is 40.0 Å². The summed E-state index contributed by atoms with van der Waals surface area (Å²) in [4.78, 5) is 18.3. The molecule has 0 saturated carbocycles. The van der Waals surface area contributed by atoms with Crippen LogP contribution >= 0.6 is 0 Å². The highest BCUT2D eigenvalue weighted by molar-refractivity contribution is 5.69. The molecular weight excluding hydrogens is 242 g/mol. The standard InChI is InChI=1S/C14H23N3O2/c1-14(2,3)19-13(18)17-8-6-5-7-11(17)12-9-15-10-16(12)4/h9-11H,5-8H2,1-4H3. The Hall–Kier alpha value is -1.52. The lowest BCUT2D eigenvalue weighted by molar-refractivity contribution is 0.00870. The monoisotopic (exact) mass is 265 g/mol. The van der Waals surface area contributed by atoms with Crippen molar-refractivity contribution in [3.05, 3.63) is 18.2 Å². The van der Waals surface area contributed by atoms with Gasteiger partial charge in [-0.2, -0.15) is 0 Å². The Morgan fingerprint density at radius 2 is 2.16 bits per heavy atom. The topological polar surface area (TPSA) is 47.4 Å². The molecule has 1 amide bonds. The molecule has 1 aliphatic rings. The number of nitrogens with zero attached hydrogens (tertiary/aromatic N) is 3. The maximum Gasteiger partial charge on any atom is 0.410 e. The van der Waals surface area contributed by atoms with E-state index < -0.39 is 5.60 Å². The zero-order valence-electron chi connectivity index (χ0n) is 12.2. The predicted octanol–water partition coefficient (Wildman–Crippen LogP) is 2.88. The number of imidazole rings is 1. The summed E-state index contributed by atoms with van der Waals surface area (Å²) in [6.45, 7) is 6.44. The summed E-state index contributed by atoms with van der Waals surface area (Å²) in [7, 11) is 1.96. The summed E-state index contributed by atoms with van der Waals surface area (Å²) in [6.07, 6.45) is 6.53. The molecule has 1 saturated heterocycles. The second-order valence-electron chi connectivity index (χ2n) is 6.11. The number of hydrogen-bond acceptors (Lipinski definition) is 3. The van der Waals surface area contributed by atoms with E-state index in [4.69, 9.17) is 4.74 Å². The van der Waals surface area contributed by atoms with Crippen molar-refractivity contribution in [2.45, 2.75) is 51.7 Å². The Labute approximate surface area is 114 Å². The molecule has 1 aliphatic heterocycles. The summed E-state index contributed by atoms with van der Waals surface area (Å²) < 4.78 is 7.48. The van der Waals surface area contributed by atoms with Gasteiger partial charge >= 0.3 is 6.09 Å². The molecule has 0 N–H and O–H groups in total. The van der Waals surface area contributed by atoms with Gasteiger partial charge in [-0.15, -0.1) is 0 Å². The molecule has 0 aromatic carbocycles. The smallest absolute Gasteiger partial charge is 0.410 e. The fourth-order valence-corrected chi connectivity index (χ4v) is 2.47. The first-order valence-electron chi connectivity index (χ1n) is 6.84. The van der Waals surface area contributed by atoms with Crippen LogP contribution in [0.2, 0.25) is 0 Å². The minimum absolute atomic E-state index is 0.0797. The molecule has 0 aliphatic carbocycles. The molecule has 106 valence electrons. The third-order valence-electron chi connectivity index (χ3n) is 3.33. The number of likely N-dealkylation sites (tertiary alicyclic amines) is 1. The largest absolute Gasteiger partial charge is 0.444 e. The van der Waals surface area contributed by atoms with Gasteiger partial charge in [0.15, 0.2) is 0 Å². The predicted molar refractivity (Wildman–Crippen MR) is 72.7 cm³/mol. The van der Waals surface area contributed by atoms with E-state index in [1.807, 2.05) is 43.5 Å². The van der Waals surface area contributed by atoms with Gasteiger partial charge in [0.05, 0.1) is 24.3 Å². The van der Waals surface area contributed by atoms with Crippen LogP contribution in [-0.4, -0.2) is 32.7 Å². The quantitative estimate of drug-likeness (QED) is 0.784. The number of aromatic nitrogens is 2. The van der Waals surface area contributed by atoms with Crippen LogP contribution in [-0.2, 0) is 11.8 Å². The molecule has 1 unspecified atom stereocenters. The Balaban J connectivity index is 2.17. The summed E-state index contributed by atoms with van der Waals surface area (Å²) in [5.41, 5.74) is 0.622. The number of carbonyl (C=O) groups excluding carboxylic acids is 1. The van der Waals surface area contributed by atoms with E-state index in [1.165, 1.54) is 0 Å². The lowest BCUT2D eigenvalue weighted by Gasteiger charge is -2.36. The van der Waals surface area contributed by atoms with E-state index in [2.05, 4.69) is 4.98 Å². The van der Waals surface area contributed by atoms with Crippen LogP contribution in [0.3, 0.4) is 0 Å². The maximum absolute atomic E-state index is 12.3. The van der Waals surface area contributed by atoms with Crippen LogP contribution in [0.4, 0.5) is 4.79 Å². The van der Waals surface area contributed by atoms with E-state index in [9.17, 15) is 4.79 Å². The molecule has 1 fully saturated rings. The molecule has 5 nitrogen and oxygen atoms in total. The zero-order chi connectivity index (χ0) is 14.0. The average molecular weight is 265 g/mol. The SMILES string of the molecule is Cn1cncc1C1CCCCN1C(=O)OC(C)(C)C. The highest BCUT2D eigenvalue weighted by Crippen LogP contribution is 2.31. The van der Waals surface area contributed by atoms with Crippen molar-refractivity contribution in [3.63, 3.8) is 0 Å². The van der Waals surface area contributed by atoms with Crippen molar-refractivity contribution in [1.82, 2.24) is 14.5 Å². The fraction of sp³-hybridized carbons (Fsp3) is 0.714. The van der Waals surface area contributed by atoms with Gasteiger partial charge < -0.3 is 9.30 Å². The van der Waals surface area contributed by atoms with E-state index in [0.717, 1.165) is 31.5 Å². The summed E-state index contributed by atoms with van der Waals surface area (Å²) in [6, 6.07) is 0.0797. The lowest BCUT2D eigenvalue weighted by Crippen LogP contribution is -2.42. The Bertz CT molecular complexity index is 448. The van der Waals surface area contributed by atoms with Gasteiger partial charge in [-0.1, -0.05) is 0 Å². The molecule has 1 aromatic heterocycles. The van der Waals surface area contributed by atoms with Crippen molar-refractivity contribution in [2.75, 3.05) is 6.54 Å². The molecule has 1 aromatic rings. The molecule has 1 atom stereocenters. The number of rotatable bonds is 1. The van der Waals surface area contributed by atoms with Gasteiger partial charge in [0.2, 0.25) is 0 Å². The highest BCUT2D eigenvalue weighted by atomic mass is 16.6. The maximum atomic E-state index is 12.3. The van der Waals surface area contributed by atoms with Crippen LogP contribution in [0.15, 0.2) is 12.5 Å². The number of aryl methyl sites for hydroxylation is 1. The second-order valence-corrected chi connectivity index (χ2v) is 6.11. The molecule has 0 spiro atoms. The highest BCUT2D eigenvalue weighted by Gasteiger charge is 2.32. The van der Waals surface area contributed by atoms with E-state index in [1.54, 1.807) is 6.33 Å². The number of hydrogen-bond donors (Lipinski definition) is 0. The minimum atomic E-state index is -0.453. The van der Waals surface area contributed by atoms with E-state index in [-0.39, 0.29) is 12.1 Å². The fourth-order valence-electron chi connectivity index (χ4n) is 2.47. The van der Waals surface area contributed by atoms with E-state index >= 15 is 0 Å². The van der Waals surface area contributed by atoms with Gasteiger partial charge in [-0.25, -0.2) is 9.78 Å². The Morgan fingerprint density at radius 3 is 2.74 bits per heavy atom. The molecule has 2 heterocycles. The van der Waals surface area contributed by atoms with Crippen molar-refractivity contribution >= 4 is 6.09 Å². The average Bonchev–Trinajstić information content (AvgIpc) is 2.73. The van der Waals surface area contributed by atoms with Crippen molar-refractivity contribution in [3.8, 4) is 0 Å². The van der Waals surface area contributed by atoms with Gasteiger partial charge in [0, 0.05) is 13.6 Å². The number of carbonyl (C=O) groups is 1. The Morgan fingerprint density at radius 1 is 1.42 bits per heavy atom. The van der Waals surface area contributed by atoms with Crippen LogP contribution < -0.4 is 0 Å². The summed E-state index contributed by atoms with van der Waals surface area (Å²) in [5, 5.41) is 0. The molecule has 2 rings (SSSR count). The first-order valence-corrected chi connectivity index (χ1v) is 6.84. The number of ether oxygens (including phenoxy) is 1. The zero-order valence-corrected chi connectivity index (χ0v) is 12.2. The van der Waals surface area contributed by atoms with Crippen LogP contribution in [0, 0.1) is 0 Å². The van der Waals surface area contributed by atoms with Gasteiger partial charge in [0.1, 0.15) is 5.60 Å². The van der Waals surface area contributed by atoms with Crippen molar-refractivity contribution in [2.24, 2.45) is 7.05 Å². The minimum Gasteiger partial charge on any atom is -0.444 e. The number of amides is 1. The lowest BCUT2D eigenvalue weighted by atomic mass is 10.00. The van der Waals surface area contributed by atoms with Crippen LogP contribution in [0.25, 0.3) is 0 Å². The second kappa shape index (κ2) is 5.23. The van der Waals surface area contributed by atoms with Gasteiger partial charge in [-0.3, -0.25) is 4.90 Å². The molecule has 19 heavy (non-hydrogen) atoms. The third-order valence-corrected chi connectivity index (χ3v) is 3.33. The van der Waals surface area contributed by atoms with Crippen molar-refractivity contribution < 1.29 is 9.53 Å². The molecule has 5 heteroatoms. The first kappa shape index (κ1) is 13.9. The third kappa shape index (κ3) is 3.28. The van der Waals surface area contributed by atoms with Crippen molar-refractivity contribution in [1.29, 1.82) is 0 Å². The summed E-state index contributed by atoms with van der Waals surface area (Å²) in [5.74, 6) is 0. The van der Waals surface area contributed by atoms with Crippen LogP contribution in [0.5, 0.6) is 0 Å². The van der Waals surface area contributed by atoms with E-state index in [0.29, 0.717) is 0 Å². The van der Waals surface area contributed by atoms with Crippen LogP contribution in [0.1, 0.15) is 51.8 Å². The normalized spacial score (nSPS) is 20.4. The molecular formula is C14H23N3O2. The summed E-state index contributed by atoms with van der Waals surface area (Å²) >= 11 is 0. The Kier molecular flexibility index (Phi) is 3.83. The first-order chi connectivity index (χ1) is 8.88. The van der Waals surface area contributed by atoms with Gasteiger partial charge in [0.25, 0.3) is 0 Å². The molecule has 0 bridgehead atoms. The molecule has 0 radical (unpaired) electrons. The number of piperidine rings is 1.